The third-order valence-corrected chi connectivity index (χ3v) is 9.70. The van der Waals surface area contributed by atoms with Crippen LogP contribution in [0.5, 0.6) is 0 Å². The number of carbonyl (C=O) groups is 1. The number of sulfonamides is 1. The number of aromatic nitrogens is 4. The van der Waals surface area contributed by atoms with E-state index in [1.54, 1.807) is 16.9 Å². The third-order valence-electron chi connectivity index (χ3n) is 8.40. The topological polar surface area (TPSA) is 116 Å². The molecule has 1 saturated carbocycles. The van der Waals surface area contributed by atoms with Gasteiger partial charge in [0.25, 0.3) is 5.91 Å². The maximum absolute atomic E-state index is 15.8. The number of hydrogen-bond donors (Lipinski definition) is 2. The van der Waals surface area contributed by atoms with Crippen molar-refractivity contribution in [2.75, 3.05) is 32.4 Å². The molecule has 1 aliphatic carbocycles. The fraction of sp³-hybridized carbons (Fsp3) is 0.607. The second kappa shape index (κ2) is 12.5. The molecular weight excluding hydrogens is 552 g/mol. The van der Waals surface area contributed by atoms with Crippen molar-refractivity contribution in [2.24, 2.45) is 5.92 Å². The second-order valence-electron chi connectivity index (χ2n) is 11.2. The number of carbonyl (C=O) groups excluding carboxylic acids is 1. The zero-order valence-electron chi connectivity index (χ0n) is 23.7. The van der Waals surface area contributed by atoms with E-state index in [0.717, 1.165) is 38.5 Å². The van der Waals surface area contributed by atoms with Crippen molar-refractivity contribution in [3.63, 3.8) is 0 Å². The van der Waals surface area contributed by atoms with E-state index in [2.05, 4.69) is 20.4 Å². The number of piperazine rings is 1. The van der Waals surface area contributed by atoms with Gasteiger partial charge in [0.15, 0.2) is 11.6 Å². The molecule has 2 N–H and O–H groups in total. The zero-order valence-corrected chi connectivity index (χ0v) is 24.5. The van der Waals surface area contributed by atoms with Crippen molar-refractivity contribution in [1.82, 2.24) is 34.3 Å². The van der Waals surface area contributed by atoms with Gasteiger partial charge < -0.3 is 10.3 Å². The molecule has 10 nitrogen and oxygen atoms in total. The van der Waals surface area contributed by atoms with Crippen LogP contribution >= 0.6 is 0 Å². The molecule has 1 atom stereocenters. The van der Waals surface area contributed by atoms with Crippen LogP contribution in [0.1, 0.15) is 79.8 Å². The summed E-state index contributed by atoms with van der Waals surface area (Å²) in [6, 6.07) is 2.29. The summed E-state index contributed by atoms with van der Waals surface area (Å²) in [6.45, 7) is 4.04. The van der Waals surface area contributed by atoms with Gasteiger partial charge in [-0.05, 0) is 37.8 Å². The average Bonchev–Trinajstić information content (AvgIpc) is 3.58. The van der Waals surface area contributed by atoms with Crippen molar-refractivity contribution in [2.45, 2.75) is 71.0 Å². The molecule has 3 aromatic rings. The van der Waals surface area contributed by atoms with Crippen LogP contribution in [0.4, 0.5) is 8.78 Å². The Bertz CT molecular complexity index is 1470. The maximum atomic E-state index is 15.8. The molecule has 2 aromatic heterocycles. The van der Waals surface area contributed by atoms with E-state index in [9.17, 15) is 13.2 Å². The van der Waals surface area contributed by atoms with Crippen LogP contribution in [0.2, 0.25) is 0 Å². The number of fused-ring (bicyclic) bond motifs is 1. The predicted octanol–water partition coefficient (Wildman–Crippen LogP) is 3.97. The number of H-pyrrole nitrogens is 1. The van der Waals surface area contributed by atoms with E-state index in [4.69, 9.17) is 0 Å². The minimum absolute atomic E-state index is 0.0199. The summed E-state index contributed by atoms with van der Waals surface area (Å²) >= 11 is 0. The first-order valence-electron chi connectivity index (χ1n) is 14.5. The summed E-state index contributed by atoms with van der Waals surface area (Å²) in [5.41, 5.74) is 0.492. The van der Waals surface area contributed by atoms with Crippen LogP contribution in [0.3, 0.4) is 0 Å². The number of hydrogen-bond acceptors (Lipinski definition) is 6. The van der Waals surface area contributed by atoms with Gasteiger partial charge in [-0.2, -0.15) is 9.40 Å². The monoisotopic (exact) mass is 591 g/mol. The van der Waals surface area contributed by atoms with Crippen molar-refractivity contribution in [1.29, 1.82) is 0 Å². The van der Waals surface area contributed by atoms with Gasteiger partial charge in [-0.1, -0.05) is 32.1 Å². The molecule has 1 aromatic carbocycles. The van der Waals surface area contributed by atoms with Gasteiger partial charge in [-0.15, -0.1) is 0 Å². The van der Waals surface area contributed by atoms with Crippen LogP contribution in [-0.4, -0.2) is 75.7 Å². The molecule has 1 saturated heterocycles. The molecule has 13 heteroatoms. The maximum Gasteiger partial charge on any atom is 0.270 e. The first-order valence-corrected chi connectivity index (χ1v) is 16.4. The third kappa shape index (κ3) is 6.62. The molecule has 3 heterocycles. The number of aryl methyl sites for hydroxylation is 1. The normalized spacial score (nSPS) is 19.2. The van der Waals surface area contributed by atoms with E-state index in [1.165, 1.54) is 23.0 Å². The van der Waals surface area contributed by atoms with E-state index in [-0.39, 0.29) is 35.0 Å². The Morgan fingerprint density at radius 3 is 2.46 bits per heavy atom. The van der Waals surface area contributed by atoms with Crippen LogP contribution in [0, 0.1) is 17.6 Å². The van der Waals surface area contributed by atoms with Gasteiger partial charge in [0.2, 0.25) is 10.0 Å². The minimum Gasteiger partial charge on any atom is -0.340 e. The summed E-state index contributed by atoms with van der Waals surface area (Å²) in [7, 11) is -3.29. The fourth-order valence-electron chi connectivity index (χ4n) is 6.11. The Hall–Kier alpha value is -2.90. The smallest absolute Gasteiger partial charge is 0.270 e. The molecular formula is C28H39F2N7O3S. The molecule has 1 aliphatic heterocycles. The number of nitrogens with one attached hydrogen (secondary N) is 2. The number of benzene rings is 1. The largest absolute Gasteiger partial charge is 0.340 e. The lowest BCUT2D eigenvalue weighted by Gasteiger charge is -2.33. The molecule has 0 radical (unpaired) electrons. The number of rotatable bonds is 8. The van der Waals surface area contributed by atoms with Crippen LogP contribution in [0.25, 0.3) is 11.0 Å². The highest BCUT2D eigenvalue weighted by molar-refractivity contribution is 7.88. The number of halogens is 2. The predicted molar refractivity (Wildman–Crippen MR) is 152 cm³/mol. The molecule has 1 amide bonds. The summed E-state index contributed by atoms with van der Waals surface area (Å²) in [6.07, 6.45) is 9.97. The Balaban J connectivity index is 1.43. The summed E-state index contributed by atoms with van der Waals surface area (Å²) in [4.78, 5) is 22.8. The Kier molecular flexibility index (Phi) is 9.05. The van der Waals surface area contributed by atoms with Crippen molar-refractivity contribution in [3.8, 4) is 0 Å². The second-order valence-corrected chi connectivity index (χ2v) is 13.2. The van der Waals surface area contributed by atoms with Gasteiger partial charge in [-0.25, -0.2) is 22.2 Å². The molecule has 2 aliphatic rings. The standard InChI is InChI=1S/C28H39F2N7O3S/c1-3-37-22(11-12-31-37)28(38)34-24(19-9-7-5-4-6-8-10-19)27-32-25-21(29)17-20(23(30)26(25)33-27)18-35-13-15-36(16-14-35)41(2,39)40/h11-12,17,19,24H,3-10,13-16,18H2,1-2H3,(H,32,33)(H,34,38). The van der Waals surface area contributed by atoms with Crippen LogP contribution in [-0.2, 0) is 23.1 Å². The Morgan fingerprint density at radius 2 is 1.80 bits per heavy atom. The van der Waals surface area contributed by atoms with E-state index < -0.39 is 27.7 Å². The van der Waals surface area contributed by atoms with Gasteiger partial charge in [0, 0.05) is 51.0 Å². The average molecular weight is 592 g/mol. The zero-order chi connectivity index (χ0) is 29.1. The quantitative estimate of drug-likeness (QED) is 0.410. The fourth-order valence-corrected chi connectivity index (χ4v) is 6.94. The van der Waals surface area contributed by atoms with Gasteiger partial charge in [0.1, 0.15) is 22.6 Å². The molecule has 0 spiro atoms. The Morgan fingerprint density at radius 1 is 1.12 bits per heavy atom. The van der Waals surface area contributed by atoms with Crippen LogP contribution in [0.15, 0.2) is 18.3 Å². The first-order chi connectivity index (χ1) is 19.7. The van der Waals surface area contributed by atoms with E-state index in [1.807, 2.05) is 11.8 Å². The number of imidazole rings is 1. The van der Waals surface area contributed by atoms with E-state index >= 15 is 8.78 Å². The highest BCUT2D eigenvalue weighted by Gasteiger charge is 2.31. The van der Waals surface area contributed by atoms with Crippen LogP contribution < -0.4 is 5.32 Å². The molecule has 0 bridgehead atoms. The number of nitrogens with zero attached hydrogens (tertiary/aromatic N) is 5. The number of aromatic amines is 1. The van der Waals surface area contributed by atoms with Crippen molar-refractivity contribution >= 4 is 27.0 Å². The van der Waals surface area contributed by atoms with Gasteiger partial charge in [0.05, 0.1) is 12.3 Å². The first kappa shape index (κ1) is 29.6. The van der Waals surface area contributed by atoms with Gasteiger partial charge >= 0.3 is 0 Å². The molecule has 41 heavy (non-hydrogen) atoms. The number of amides is 1. The summed E-state index contributed by atoms with van der Waals surface area (Å²) < 4.78 is 57.8. The van der Waals surface area contributed by atoms with Crippen molar-refractivity contribution in [3.05, 3.63) is 47.0 Å². The lowest BCUT2D eigenvalue weighted by molar-refractivity contribution is 0.0901. The molecule has 5 rings (SSSR count). The molecule has 224 valence electrons. The SMILES string of the molecule is CCn1nccc1C(=O)NC(c1nc2c(F)cc(CN3CCN(S(C)(=O)=O)CC3)c(F)c2[nH]1)C1CCCCCCC1. The minimum atomic E-state index is -3.29. The van der Waals surface area contributed by atoms with E-state index in [0.29, 0.717) is 44.2 Å². The lowest BCUT2D eigenvalue weighted by atomic mass is 9.85. The highest BCUT2D eigenvalue weighted by Crippen LogP contribution is 2.34. The van der Waals surface area contributed by atoms with Crippen molar-refractivity contribution < 1.29 is 22.0 Å². The summed E-state index contributed by atoms with van der Waals surface area (Å²) in [5, 5.41) is 7.33. The lowest BCUT2D eigenvalue weighted by Crippen LogP contribution is -2.47. The summed E-state index contributed by atoms with van der Waals surface area (Å²) in [5.74, 6) is -1.11. The Labute approximate surface area is 239 Å². The van der Waals surface area contributed by atoms with Gasteiger partial charge in [-0.3, -0.25) is 14.4 Å². The molecule has 1 unspecified atom stereocenters. The highest BCUT2D eigenvalue weighted by atomic mass is 32.2. The molecule has 2 fully saturated rings.